The smallest absolute Gasteiger partial charge is 0.394 e. The Hall–Kier alpha value is -3.34. The quantitative estimate of drug-likeness (QED) is 0.455. The number of ketones is 1. The zero-order valence-corrected chi connectivity index (χ0v) is 16.9. The molecule has 0 aliphatic heterocycles. The van der Waals surface area contributed by atoms with E-state index in [-0.39, 0.29) is 12.8 Å². The molecule has 1 unspecified atom stereocenters. The number of aliphatic hydroxyl groups is 1. The molecule has 33 heavy (non-hydrogen) atoms. The van der Waals surface area contributed by atoms with Crippen LogP contribution in [0.25, 0.3) is 11.1 Å². The number of hydrogen-bond acceptors (Lipinski definition) is 4. The fraction of sp³-hybridized carbons (Fsp3) is 0.273. The first kappa shape index (κ1) is 24.3. The molecule has 3 rings (SSSR count). The molecular formula is C22H16F6O5. The second kappa shape index (κ2) is 8.89. The van der Waals surface area contributed by atoms with Gasteiger partial charge in [-0.1, -0.05) is 12.1 Å². The molecule has 11 heteroatoms. The van der Waals surface area contributed by atoms with Crippen molar-refractivity contribution in [3.63, 3.8) is 0 Å². The van der Waals surface area contributed by atoms with Gasteiger partial charge < -0.3 is 14.9 Å². The third-order valence-corrected chi connectivity index (χ3v) is 5.00. The molecule has 0 saturated carbocycles. The summed E-state index contributed by atoms with van der Waals surface area (Å²) in [4.78, 5) is 23.7. The van der Waals surface area contributed by atoms with Gasteiger partial charge in [0.05, 0.1) is 11.7 Å². The minimum absolute atomic E-state index is 0.107. The van der Waals surface area contributed by atoms with E-state index in [0.29, 0.717) is 6.92 Å². The van der Waals surface area contributed by atoms with Crippen LogP contribution in [0.15, 0.2) is 35.4 Å². The molecule has 2 N–H and O–H groups in total. The minimum Gasteiger partial charge on any atom is -0.478 e. The Morgan fingerprint density at radius 3 is 2.24 bits per heavy atom. The number of rotatable bonds is 7. The first-order valence-corrected chi connectivity index (χ1v) is 9.51. The first-order valence-electron chi connectivity index (χ1n) is 9.51. The molecule has 0 fully saturated rings. The van der Waals surface area contributed by atoms with Crippen molar-refractivity contribution in [1.82, 2.24) is 0 Å². The van der Waals surface area contributed by atoms with E-state index < -0.39 is 87.2 Å². The largest absolute Gasteiger partial charge is 0.478 e. The highest BCUT2D eigenvalue weighted by molar-refractivity contribution is 6.05. The van der Waals surface area contributed by atoms with Crippen molar-refractivity contribution >= 4 is 11.8 Å². The Balaban J connectivity index is 2.04. The molecule has 1 aliphatic carbocycles. The molecule has 0 bridgehead atoms. The average molecular weight is 474 g/mol. The normalized spacial score (nSPS) is 16.3. The monoisotopic (exact) mass is 474 g/mol. The number of carbonyl (C=O) groups is 2. The maximum atomic E-state index is 14.7. The number of carboxylic acid groups (broad SMARTS) is 1. The summed E-state index contributed by atoms with van der Waals surface area (Å²) in [5.41, 5.74) is -4.06. The lowest BCUT2D eigenvalue weighted by molar-refractivity contribution is -0.158. The van der Waals surface area contributed by atoms with Gasteiger partial charge in [0.1, 0.15) is 5.75 Å². The van der Waals surface area contributed by atoms with Crippen LogP contribution < -0.4 is 4.74 Å². The second-order valence-electron chi connectivity index (χ2n) is 7.40. The zero-order chi connectivity index (χ0) is 24.7. The molecule has 2 aromatic carbocycles. The van der Waals surface area contributed by atoms with Gasteiger partial charge in [-0.15, -0.1) is 0 Å². The van der Waals surface area contributed by atoms with Gasteiger partial charge in [-0.3, -0.25) is 4.79 Å². The molecule has 0 heterocycles. The van der Waals surface area contributed by atoms with Gasteiger partial charge in [0.2, 0.25) is 0 Å². The van der Waals surface area contributed by atoms with E-state index in [1.807, 2.05) is 0 Å². The molecule has 0 amide bonds. The summed E-state index contributed by atoms with van der Waals surface area (Å²) >= 11 is 0. The molecule has 0 saturated heterocycles. The van der Waals surface area contributed by atoms with Gasteiger partial charge in [-0.2, -0.15) is 8.78 Å². The number of carboxylic acids is 1. The summed E-state index contributed by atoms with van der Waals surface area (Å²) in [6.45, 7) is 0.415. The molecule has 176 valence electrons. The number of carbonyl (C=O) groups excluding carboxylic acids is 1. The summed E-state index contributed by atoms with van der Waals surface area (Å²) < 4.78 is 89.2. The maximum absolute atomic E-state index is 14.7. The Kier molecular flexibility index (Phi) is 6.55. The predicted molar refractivity (Wildman–Crippen MR) is 102 cm³/mol. The molecule has 1 aliphatic rings. The van der Waals surface area contributed by atoms with Crippen molar-refractivity contribution in [2.24, 2.45) is 0 Å². The fourth-order valence-corrected chi connectivity index (χ4v) is 3.60. The van der Waals surface area contributed by atoms with Crippen LogP contribution in [0.5, 0.6) is 5.75 Å². The van der Waals surface area contributed by atoms with E-state index in [4.69, 9.17) is 5.11 Å². The zero-order valence-electron chi connectivity index (χ0n) is 16.9. The van der Waals surface area contributed by atoms with Crippen LogP contribution >= 0.6 is 0 Å². The fourth-order valence-electron chi connectivity index (χ4n) is 3.60. The molecular weight excluding hydrogens is 458 g/mol. The predicted octanol–water partition coefficient (Wildman–Crippen LogP) is 4.55. The van der Waals surface area contributed by atoms with Crippen LogP contribution in [-0.2, 0) is 16.0 Å². The van der Waals surface area contributed by atoms with Crippen molar-refractivity contribution in [3.05, 3.63) is 64.2 Å². The van der Waals surface area contributed by atoms with Crippen LogP contribution in [0.3, 0.4) is 0 Å². The number of Topliss-reactive ketones (excluding diaryl/α,β-unsaturated/α-hetero) is 1. The molecule has 5 nitrogen and oxygen atoms in total. The number of aliphatic hydroxyl groups excluding tert-OH is 1. The van der Waals surface area contributed by atoms with Crippen LogP contribution in [0.1, 0.15) is 25.3 Å². The minimum atomic E-state index is -3.63. The molecule has 1 atom stereocenters. The van der Waals surface area contributed by atoms with Gasteiger partial charge in [0, 0.05) is 30.1 Å². The van der Waals surface area contributed by atoms with Gasteiger partial charge in [0.25, 0.3) is 0 Å². The van der Waals surface area contributed by atoms with Crippen LogP contribution in [-0.4, -0.2) is 34.2 Å². The Morgan fingerprint density at radius 2 is 1.70 bits per heavy atom. The summed E-state index contributed by atoms with van der Waals surface area (Å²) in [6.07, 6.45) is -6.65. The Morgan fingerprint density at radius 1 is 1.09 bits per heavy atom. The van der Waals surface area contributed by atoms with Gasteiger partial charge in [-0.25, -0.2) is 22.4 Å². The third-order valence-electron chi connectivity index (χ3n) is 5.00. The number of halogens is 6. The van der Waals surface area contributed by atoms with E-state index in [1.165, 1.54) is 0 Å². The highest BCUT2D eigenvalue weighted by atomic mass is 19.3. The second-order valence-corrected chi connectivity index (χ2v) is 7.40. The van der Waals surface area contributed by atoms with Crippen LogP contribution in [0, 0.1) is 23.3 Å². The molecule has 0 spiro atoms. The van der Waals surface area contributed by atoms with Crippen molar-refractivity contribution < 1.29 is 50.9 Å². The lowest BCUT2D eigenvalue weighted by atomic mass is 9.95. The molecule has 2 aromatic rings. The van der Waals surface area contributed by atoms with Crippen molar-refractivity contribution in [1.29, 1.82) is 0 Å². The number of benzene rings is 2. The Labute approximate surface area is 182 Å². The lowest BCUT2D eigenvalue weighted by Gasteiger charge is -2.16. The van der Waals surface area contributed by atoms with E-state index in [2.05, 4.69) is 4.74 Å². The number of ether oxygens (including phenoxy) is 1. The van der Waals surface area contributed by atoms with Crippen molar-refractivity contribution in [2.45, 2.75) is 38.4 Å². The summed E-state index contributed by atoms with van der Waals surface area (Å²) in [6, 6.07) is 3.87. The van der Waals surface area contributed by atoms with Gasteiger partial charge >= 0.3 is 12.1 Å². The summed E-state index contributed by atoms with van der Waals surface area (Å²) in [5.74, 6) is -10.9. The van der Waals surface area contributed by atoms with E-state index in [9.17, 15) is 41.0 Å². The number of alkyl halides is 2. The van der Waals surface area contributed by atoms with Crippen LogP contribution in [0.2, 0.25) is 0 Å². The van der Waals surface area contributed by atoms with E-state index in [0.717, 1.165) is 24.3 Å². The van der Waals surface area contributed by atoms with Crippen LogP contribution in [0.4, 0.5) is 26.3 Å². The lowest BCUT2D eigenvalue weighted by Crippen LogP contribution is -2.20. The maximum Gasteiger partial charge on any atom is 0.394 e. The third kappa shape index (κ3) is 4.87. The number of hydrogen-bond donors (Lipinski definition) is 2. The first-order chi connectivity index (χ1) is 15.3. The molecule has 0 radical (unpaired) electrons. The topological polar surface area (TPSA) is 83.8 Å². The Bertz CT molecular complexity index is 1140. The summed E-state index contributed by atoms with van der Waals surface area (Å²) in [5, 5.41) is 19.0. The number of aliphatic carboxylic acids is 1. The highest BCUT2D eigenvalue weighted by Gasteiger charge is 2.35. The van der Waals surface area contributed by atoms with E-state index in [1.54, 1.807) is 0 Å². The average Bonchev–Trinajstić information content (AvgIpc) is 3.11. The van der Waals surface area contributed by atoms with Crippen molar-refractivity contribution in [2.75, 3.05) is 0 Å². The molecule has 0 aromatic heterocycles. The standard InChI is InChI=1S/C22H16F6O5/c1-22(27,28)33-10-4-2-3-9(7-10)15-19(25)17(23)12(18(24)20(15)26)8-14(30)16-11(21(31)32)5-6-13(16)29/h2-4,7,13,29H,5-6,8H2,1H3,(H,31,32). The van der Waals surface area contributed by atoms with E-state index >= 15 is 0 Å². The van der Waals surface area contributed by atoms with Gasteiger partial charge in [-0.05, 0) is 30.5 Å². The van der Waals surface area contributed by atoms with Gasteiger partial charge in [0.15, 0.2) is 29.1 Å². The SMILES string of the molecule is CC(F)(F)Oc1cccc(-c2c(F)c(F)c(CC(=O)C3=C(C(=O)O)CCC3O)c(F)c2F)c1. The highest BCUT2D eigenvalue weighted by Crippen LogP contribution is 2.36. The van der Waals surface area contributed by atoms with Crippen molar-refractivity contribution in [3.8, 4) is 16.9 Å². The summed E-state index contributed by atoms with van der Waals surface area (Å²) in [7, 11) is 0.